The van der Waals surface area contributed by atoms with Crippen LogP contribution in [0, 0.1) is 0 Å². The second-order valence-electron chi connectivity index (χ2n) is 1.87. The van der Waals surface area contributed by atoms with E-state index in [1.165, 1.54) is 5.57 Å². The molecule has 0 saturated carbocycles. The van der Waals surface area contributed by atoms with Crippen LogP contribution in [0.4, 0.5) is 0 Å². The molecule has 0 spiro atoms. The molecular weight excluding hydrogens is 128 g/mol. The molecule has 0 radical (unpaired) electrons. The lowest BCUT2D eigenvalue weighted by atomic mass is 10.2. The van der Waals surface area contributed by atoms with E-state index in [9.17, 15) is 0 Å². The highest BCUT2D eigenvalue weighted by Gasteiger charge is 1.95. The van der Waals surface area contributed by atoms with Gasteiger partial charge in [-0.05, 0) is 29.4 Å². The number of hydrogen-bond donors (Lipinski definition) is 0. The Balaban J connectivity index is 2.86. The second-order valence-corrected chi connectivity index (χ2v) is 3.41. The fraction of sp³-hybridized carbons (Fsp3) is 0.250. The summed E-state index contributed by atoms with van der Waals surface area (Å²) in [4.78, 5) is 0. The zero-order valence-corrected chi connectivity index (χ0v) is 6.37. The highest BCUT2D eigenvalue weighted by Crippen LogP contribution is 2.26. The van der Waals surface area contributed by atoms with Crippen molar-refractivity contribution in [2.24, 2.45) is 0 Å². The van der Waals surface area contributed by atoms with E-state index < -0.39 is 0 Å². The minimum atomic E-state index is 0.132. The highest BCUT2D eigenvalue weighted by molar-refractivity contribution is 8.19. The van der Waals surface area contributed by atoms with Crippen LogP contribution in [0.2, 0.25) is 0 Å². The smallest absolute Gasteiger partial charge is 0.0201 e. The molecule has 0 nitrogen and oxygen atoms in total. The third kappa shape index (κ3) is 1.44. The largest absolute Gasteiger partial charge is 0.0951 e. The van der Waals surface area contributed by atoms with Crippen LogP contribution in [0.3, 0.4) is 0 Å². The molecule has 1 aliphatic rings. The molecular formula is C8H10S. The standard InChI is InChI=1S/C8H10S/c1-3-8-5-6-9(4-2)7-8/h5-7H,2-3H2,1H3. The van der Waals surface area contributed by atoms with Gasteiger partial charge in [0.05, 0.1) is 0 Å². The van der Waals surface area contributed by atoms with Crippen LogP contribution in [0.5, 0.6) is 0 Å². The molecule has 0 aromatic carbocycles. The SMILES string of the molecule is C=C=S1C=CC(CC)=C1. The van der Waals surface area contributed by atoms with E-state index in [1.807, 2.05) is 0 Å². The van der Waals surface area contributed by atoms with Crippen molar-refractivity contribution in [3.05, 3.63) is 29.0 Å². The first-order valence-corrected chi connectivity index (χ1v) is 4.35. The summed E-state index contributed by atoms with van der Waals surface area (Å²) >= 11 is 0. The fourth-order valence-electron chi connectivity index (χ4n) is 0.693. The maximum atomic E-state index is 3.60. The maximum Gasteiger partial charge on any atom is -0.0201 e. The number of rotatable bonds is 1. The Morgan fingerprint density at radius 1 is 1.78 bits per heavy atom. The zero-order valence-electron chi connectivity index (χ0n) is 5.55. The van der Waals surface area contributed by atoms with Crippen molar-refractivity contribution in [3.8, 4) is 0 Å². The summed E-state index contributed by atoms with van der Waals surface area (Å²) in [6, 6.07) is 0. The first kappa shape index (κ1) is 6.60. The predicted octanol–water partition coefficient (Wildman–Crippen LogP) is 2.66. The van der Waals surface area contributed by atoms with Crippen LogP contribution in [-0.4, -0.2) is 5.02 Å². The number of hydrogen-bond acceptors (Lipinski definition) is 0. The van der Waals surface area contributed by atoms with Crippen LogP contribution < -0.4 is 0 Å². The van der Waals surface area contributed by atoms with Crippen molar-refractivity contribution in [2.45, 2.75) is 13.3 Å². The quantitative estimate of drug-likeness (QED) is 0.489. The van der Waals surface area contributed by atoms with E-state index in [2.05, 4.69) is 35.4 Å². The molecule has 0 saturated heterocycles. The van der Waals surface area contributed by atoms with Gasteiger partial charge >= 0.3 is 0 Å². The van der Waals surface area contributed by atoms with Gasteiger partial charge in [0.2, 0.25) is 0 Å². The summed E-state index contributed by atoms with van der Waals surface area (Å²) in [6.45, 7) is 5.76. The maximum absolute atomic E-state index is 3.60. The zero-order chi connectivity index (χ0) is 6.69. The van der Waals surface area contributed by atoms with E-state index in [1.54, 1.807) is 0 Å². The van der Waals surface area contributed by atoms with E-state index in [4.69, 9.17) is 0 Å². The summed E-state index contributed by atoms with van der Waals surface area (Å²) in [5.41, 5.74) is 1.41. The minimum absolute atomic E-state index is 0.132. The van der Waals surface area contributed by atoms with E-state index in [0.717, 1.165) is 6.42 Å². The average Bonchev–Trinajstić information content (AvgIpc) is 2.34. The van der Waals surface area contributed by atoms with Crippen molar-refractivity contribution >= 4 is 15.5 Å². The van der Waals surface area contributed by atoms with Gasteiger partial charge in [0, 0.05) is 0 Å². The molecule has 1 aliphatic heterocycles. The van der Waals surface area contributed by atoms with E-state index >= 15 is 0 Å². The molecule has 1 heterocycles. The van der Waals surface area contributed by atoms with Crippen LogP contribution in [0.15, 0.2) is 29.0 Å². The van der Waals surface area contributed by atoms with Gasteiger partial charge in [-0.2, -0.15) is 0 Å². The van der Waals surface area contributed by atoms with Crippen molar-refractivity contribution in [2.75, 3.05) is 0 Å². The monoisotopic (exact) mass is 138 g/mol. The van der Waals surface area contributed by atoms with Crippen molar-refractivity contribution in [1.82, 2.24) is 0 Å². The molecule has 0 bridgehead atoms. The van der Waals surface area contributed by atoms with Crippen molar-refractivity contribution in [3.63, 3.8) is 0 Å². The van der Waals surface area contributed by atoms with E-state index in [0.29, 0.717) is 0 Å². The number of allylic oxidation sites excluding steroid dienone is 2. The van der Waals surface area contributed by atoms with Gasteiger partial charge in [-0.1, -0.05) is 28.5 Å². The molecule has 0 fully saturated rings. The Labute approximate surface area is 58.5 Å². The van der Waals surface area contributed by atoms with Gasteiger partial charge < -0.3 is 0 Å². The Hall–Kier alpha value is -0.520. The Bertz CT molecular complexity index is 215. The Morgan fingerprint density at radius 2 is 2.56 bits per heavy atom. The summed E-state index contributed by atoms with van der Waals surface area (Å²) in [5.74, 6) is 0. The molecule has 0 amide bonds. The lowest BCUT2D eigenvalue weighted by molar-refractivity contribution is 1.16. The van der Waals surface area contributed by atoms with Crippen LogP contribution in [-0.2, 0) is 0 Å². The summed E-state index contributed by atoms with van der Waals surface area (Å²) < 4.78 is 0. The van der Waals surface area contributed by atoms with Gasteiger partial charge in [0.1, 0.15) is 0 Å². The molecule has 1 rings (SSSR count). The molecule has 48 valence electrons. The summed E-state index contributed by atoms with van der Waals surface area (Å²) in [6.07, 6.45) is 3.28. The molecule has 0 N–H and O–H groups in total. The lowest BCUT2D eigenvalue weighted by Gasteiger charge is -1.85. The lowest BCUT2D eigenvalue weighted by Crippen LogP contribution is -1.64. The van der Waals surface area contributed by atoms with Gasteiger partial charge in [-0.15, -0.1) is 0 Å². The van der Waals surface area contributed by atoms with Gasteiger partial charge in [-0.25, -0.2) is 0 Å². The van der Waals surface area contributed by atoms with Gasteiger partial charge in [0.25, 0.3) is 0 Å². The minimum Gasteiger partial charge on any atom is -0.0951 e. The third-order valence-corrected chi connectivity index (χ3v) is 2.60. The predicted molar refractivity (Wildman–Crippen MR) is 45.7 cm³/mol. The average molecular weight is 138 g/mol. The third-order valence-electron chi connectivity index (χ3n) is 1.28. The van der Waals surface area contributed by atoms with Crippen LogP contribution in [0.25, 0.3) is 0 Å². The normalized spacial score (nSPS) is 23.7. The molecule has 0 aliphatic carbocycles. The molecule has 1 heteroatoms. The highest BCUT2D eigenvalue weighted by atomic mass is 32.2. The molecule has 0 aromatic rings. The Kier molecular flexibility index (Phi) is 2.10. The van der Waals surface area contributed by atoms with Crippen molar-refractivity contribution < 1.29 is 0 Å². The molecule has 1 unspecified atom stereocenters. The van der Waals surface area contributed by atoms with E-state index in [-0.39, 0.29) is 10.5 Å². The van der Waals surface area contributed by atoms with Gasteiger partial charge in [-0.3, -0.25) is 0 Å². The molecule has 9 heavy (non-hydrogen) atoms. The van der Waals surface area contributed by atoms with Crippen LogP contribution in [0.1, 0.15) is 13.3 Å². The topological polar surface area (TPSA) is 0 Å². The van der Waals surface area contributed by atoms with Crippen molar-refractivity contribution in [1.29, 1.82) is 0 Å². The molecule has 1 atom stereocenters. The first-order chi connectivity index (χ1) is 4.36. The van der Waals surface area contributed by atoms with Crippen LogP contribution >= 0.6 is 10.5 Å². The first-order valence-electron chi connectivity index (χ1n) is 3.00. The van der Waals surface area contributed by atoms with Gasteiger partial charge in [0.15, 0.2) is 0 Å². The fourth-order valence-corrected chi connectivity index (χ4v) is 1.84. The molecule has 0 aromatic heterocycles. The summed E-state index contributed by atoms with van der Waals surface area (Å²) in [5, 5.41) is 7.30. The Morgan fingerprint density at radius 3 is 2.89 bits per heavy atom. The summed E-state index contributed by atoms with van der Waals surface area (Å²) in [7, 11) is 0.132. The second kappa shape index (κ2) is 2.86.